The van der Waals surface area contributed by atoms with Gasteiger partial charge in [0.2, 0.25) is 0 Å². The van der Waals surface area contributed by atoms with Gasteiger partial charge in [-0.25, -0.2) is 4.39 Å². The predicted molar refractivity (Wildman–Crippen MR) is 48.5 cm³/mol. The second-order valence-electron chi connectivity index (χ2n) is 3.64. The number of hydrogen-bond acceptors (Lipinski definition) is 3. The quantitative estimate of drug-likeness (QED) is 0.781. The van der Waals surface area contributed by atoms with Crippen LogP contribution in [0.15, 0.2) is 18.3 Å². The fourth-order valence-electron chi connectivity index (χ4n) is 0.980. The zero-order valence-electron chi connectivity index (χ0n) is 8.03. The number of nitriles is 1. The maximum Gasteiger partial charge on any atom is 0.141 e. The Labute approximate surface area is 81.8 Å². The maximum atomic E-state index is 12.5. The summed E-state index contributed by atoms with van der Waals surface area (Å²) >= 11 is 0. The van der Waals surface area contributed by atoms with Gasteiger partial charge in [0.15, 0.2) is 0 Å². The van der Waals surface area contributed by atoms with Gasteiger partial charge in [-0.1, -0.05) is 0 Å². The third-order valence-electron chi connectivity index (χ3n) is 2.00. The van der Waals surface area contributed by atoms with Crippen molar-refractivity contribution in [2.45, 2.75) is 20.0 Å². The van der Waals surface area contributed by atoms with Crippen LogP contribution in [0.4, 0.5) is 4.39 Å². The molecular weight excluding hydrogens is 183 g/mol. The van der Waals surface area contributed by atoms with E-state index in [2.05, 4.69) is 4.98 Å². The second-order valence-corrected chi connectivity index (χ2v) is 3.64. The highest BCUT2D eigenvalue weighted by atomic mass is 19.1. The first-order chi connectivity index (χ1) is 6.47. The maximum absolute atomic E-state index is 12.5. The lowest BCUT2D eigenvalue weighted by atomic mass is 9.86. The van der Waals surface area contributed by atoms with Crippen LogP contribution in [0, 0.1) is 22.6 Å². The number of rotatable bonds is 2. The number of aromatic nitrogens is 1. The molecule has 14 heavy (non-hydrogen) atoms. The van der Waals surface area contributed by atoms with E-state index in [1.165, 1.54) is 12.1 Å². The van der Waals surface area contributed by atoms with Gasteiger partial charge in [-0.2, -0.15) is 5.26 Å². The SMILES string of the molecule is CC(C)(C#N)C(O)c1ccc(F)cn1. The fourth-order valence-corrected chi connectivity index (χ4v) is 0.980. The molecule has 0 aliphatic rings. The number of halogens is 1. The summed E-state index contributed by atoms with van der Waals surface area (Å²) in [6, 6.07) is 4.55. The Hall–Kier alpha value is -1.47. The van der Waals surface area contributed by atoms with Crippen LogP contribution < -0.4 is 0 Å². The van der Waals surface area contributed by atoms with Crippen molar-refractivity contribution in [2.24, 2.45) is 5.41 Å². The van der Waals surface area contributed by atoms with Crippen LogP contribution in [-0.2, 0) is 0 Å². The molecule has 0 spiro atoms. The lowest BCUT2D eigenvalue weighted by Gasteiger charge is -2.21. The van der Waals surface area contributed by atoms with Gasteiger partial charge in [0.25, 0.3) is 0 Å². The van der Waals surface area contributed by atoms with E-state index < -0.39 is 17.3 Å². The Morgan fingerprint density at radius 2 is 2.21 bits per heavy atom. The van der Waals surface area contributed by atoms with Crippen molar-refractivity contribution in [3.63, 3.8) is 0 Å². The van der Waals surface area contributed by atoms with Crippen LogP contribution in [-0.4, -0.2) is 10.1 Å². The average Bonchev–Trinajstić information content (AvgIpc) is 2.18. The van der Waals surface area contributed by atoms with E-state index in [4.69, 9.17) is 5.26 Å². The van der Waals surface area contributed by atoms with E-state index in [0.717, 1.165) is 6.20 Å². The van der Waals surface area contributed by atoms with Crippen LogP contribution in [0.1, 0.15) is 25.6 Å². The van der Waals surface area contributed by atoms with E-state index in [9.17, 15) is 9.50 Å². The van der Waals surface area contributed by atoms with Gasteiger partial charge in [0.1, 0.15) is 11.9 Å². The Balaban J connectivity index is 2.96. The molecule has 0 saturated heterocycles. The molecule has 4 heteroatoms. The molecule has 0 aromatic carbocycles. The number of pyridine rings is 1. The summed E-state index contributed by atoms with van der Waals surface area (Å²) in [6.45, 7) is 3.20. The van der Waals surface area contributed by atoms with Crippen LogP contribution >= 0.6 is 0 Å². The van der Waals surface area contributed by atoms with Crippen molar-refractivity contribution < 1.29 is 9.50 Å². The minimum atomic E-state index is -1.01. The summed E-state index contributed by atoms with van der Waals surface area (Å²) in [5, 5.41) is 18.5. The molecule has 1 unspecified atom stereocenters. The van der Waals surface area contributed by atoms with Crippen molar-refractivity contribution in [2.75, 3.05) is 0 Å². The summed E-state index contributed by atoms with van der Waals surface area (Å²) in [5.41, 5.74) is -0.622. The third-order valence-corrected chi connectivity index (χ3v) is 2.00. The molecule has 0 aliphatic heterocycles. The molecule has 0 radical (unpaired) electrons. The molecule has 3 nitrogen and oxygen atoms in total. The molecule has 0 bridgehead atoms. The highest BCUT2D eigenvalue weighted by Gasteiger charge is 2.29. The van der Waals surface area contributed by atoms with Gasteiger partial charge in [0, 0.05) is 0 Å². The molecule has 74 valence electrons. The first kappa shape index (κ1) is 10.6. The zero-order valence-corrected chi connectivity index (χ0v) is 8.03. The topological polar surface area (TPSA) is 56.9 Å². The van der Waals surface area contributed by atoms with Gasteiger partial charge in [-0.3, -0.25) is 4.98 Å². The molecular formula is C10H11FN2O. The summed E-state index contributed by atoms with van der Waals surface area (Å²) in [5.74, 6) is -0.462. The van der Waals surface area contributed by atoms with E-state index in [1.807, 2.05) is 6.07 Å². The van der Waals surface area contributed by atoms with Crippen LogP contribution in [0.5, 0.6) is 0 Å². The normalized spacial score (nSPS) is 13.4. The summed E-state index contributed by atoms with van der Waals surface area (Å²) in [7, 11) is 0. The Morgan fingerprint density at radius 1 is 1.57 bits per heavy atom. The Morgan fingerprint density at radius 3 is 2.64 bits per heavy atom. The lowest BCUT2D eigenvalue weighted by molar-refractivity contribution is 0.0826. The standard InChI is InChI=1S/C10H11FN2O/c1-10(2,6-12)9(14)8-4-3-7(11)5-13-8/h3-5,9,14H,1-2H3. The minimum absolute atomic E-state index is 0.304. The minimum Gasteiger partial charge on any atom is -0.385 e. The molecule has 1 heterocycles. The first-order valence-corrected chi connectivity index (χ1v) is 4.18. The van der Waals surface area contributed by atoms with Crippen molar-refractivity contribution >= 4 is 0 Å². The monoisotopic (exact) mass is 194 g/mol. The molecule has 1 aromatic rings. The molecule has 1 aromatic heterocycles. The summed E-state index contributed by atoms with van der Waals surface area (Å²) in [6.07, 6.45) is 0.0135. The Kier molecular flexibility index (Phi) is 2.82. The molecule has 0 amide bonds. The van der Waals surface area contributed by atoms with Crippen LogP contribution in [0.25, 0.3) is 0 Å². The Bertz CT molecular complexity index is 353. The van der Waals surface area contributed by atoms with Gasteiger partial charge in [-0.05, 0) is 26.0 Å². The van der Waals surface area contributed by atoms with Gasteiger partial charge >= 0.3 is 0 Å². The molecule has 0 fully saturated rings. The number of aliphatic hydroxyl groups excluding tert-OH is 1. The van der Waals surface area contributed by atoms with Crippen LogP contribution in [0.3, 0.4) is 0 Å². The summed E-state index contributed by atoms with van der Waals surface area (Å²) < 4.78 is 12.5. The van der Waals surface area contributed by atoms with Crippen molar-refractivity contribution in [1.82, 2.24) is 4.98 Å². The van der Waals surface area contributed by atoms with Gasteiger partial charge in [-0.15, -0.1) is 0 Å². The van der Waals surface area contributed by atoms with E-state index in [0.29, 0.717) is 5.69 Å². The van der Waals surface area contributed by atoms with E-state index in [1.54, 1.807) is 13.8 Å². The van der Waals surface area contributed by atoms with Crippen molar-refractivity contribution in [3.8, 4) is 6.07 Å². The zero-order chi connectivity index (χ0) is 10.8. The predicted octanol–water partition coefficient (Wildman–Crippen LogP) is 1.80. The molecule has 1 rings (SSSR count). The number of nitrogens with zero attached hydrogens (tertiary/aromatic N) is 2. The smallest absolute Gasteiger partial charge is 0.141 e. The molecule has 0 saturated carbocycles. The van der Waals surface area contributed by atoms with Gasteiger partial charge in [0.05, 0.1) is 23.4 Å². The van der Waals surface area contributed by atoms with Crippen LogP contribution in [0.2, 0.25) is 0 Å². The number of aliphatic hydroxyl groups is 1. The molecule has 1 atom stereocenters. The lowest BCUT2D eigenvalue weighted by Crippen LogP contribution is -2.20. The highest BCUT2D eigenvalue weighted by Crippen LogP contribution is 2.30. The molecule has 0 aliphatic carbocycles. The summed E-state index contributed by atoms with van der Waals surface area (Å²) in [4.78, 5) is 3.72. The fraction of sp³-hybridized carbons (Fsp3) is 0.400. The number of hydrogen-bond donors (Lipinski definition) is 1. The first-order valence-electron chi connectivity index (χ1n) is 4.18. The highest BCUT2D eigenvalue weighted by molar-refractivity contribution is 5.14. The van der Waals surface area contributed by atoms with E-state index in [-0.39, 0.29) is 0 Å². The van der Waals surface area contributed by atoms with Crippen molar-refractivity contribution in [1.29, 1.82) is 5.26 Å². The largest absolute Gasteiger partial charge is 0.385 e. The molecule has 1 N–H and O–H groups in total. The van der Waals surface area contributed by atoms with Crippen molar-refractivity contribution in [3.05, 3.63) is 29.8 Å². The average molecular weight is 194 g/mol. The second kappa shape index (κ2) is 3.72. The van der Waals surface area contributed by atoms with Gasteiger partial charge < -0.3 is 5.11 Å². The van der Waals surface area contributed by atoms with E-state index >= 15 is 0 Å². The third kappa shape index (κ3) is 2.06.